The highest BCUT2D eigenvalue weighted by molar-refractivity contribution is 5.96. The van der Waals surface area contributed by atoms with Gasteiger partial charge in [-0.25, -0.2) is 4.39 Å². The molecule has 28 heavy (non-hydrogen) atoms. The van der Waals surface area contributed by atoms with Crippen LogP contribution >= 0.6 is 0 Å². The molecular weight excluding hydrogens is 363 g/mol. The molecule has 2 amide bonds. The molecular formula is C21H23FN2O4. The van der Waals surface area contributed by atoms with E-state index >= 15 is 0 Å². The van der Waals surface area contributed by atoms with E-state index in [9.17, 15) is 14.0 Å². The van der Waals surface area contributed by atoms with Crippen molar-refractivity contribution >= 4 is 11.8 Å². The van der Waals surface area contributed by atoms with E-state index < -0.39 is 11.7 Å². The number of benzene rings is 2. The van der Waals surface area contributed by atoms with Gasteiger partial charge in [0, 0.05) is 29.7 Å². The van der Waals surface area contributed by atoms with Crippen molar-refractivity contribution in [2.75, 3.05) is 13.2 Å². The average molecular weight is 386 g/mol. The van der Waals surface area contributed by atoms with E-state index in [1.54, 1.807) is 0 Å². The smallest absolute Gasteiger partial charge is 0.251 e. The molecule has 1 aliphatic rings. The highest BCUT2D eigenvalue weighted by Crippen LogP contribution is 2.35. The third kappa shape index (κ3) is 4.79. The summed E-state index contributed by atoms with van der Waals surface area (Å²) in [7, 11) is 0. The van der Waals surface area contributed by atoms with Crippen LogP contribution in [0.25, 0.3) is 0 Å². The first kappa shape index (κ1) is 19.7. The first-order chi connectivity index (χ1) is 13.5. The number of amides is 2. The lowest BCUT2D eigenvalue weighted by molar-refractivity contribution is -0.120. The van der Waals surface area contributed by atoms with Gasteiger partial charge in [-0.3, -0.25) is 9.59 Å². The van der Waals surface area contributed by atoms with E-state index in [0.29, 0.717) is 12.4 Å². The summed E-state index contributed by atoms with van der Waals surface area (Å²) in [6.45, 7) is 4.45. The summed E-state index contributed by atoms with van der Waals surface area (Å²) in [5, 5.41) is 5.23. The topological polar surface area (TPSA) is 76.7 Å². The Kier molecular flexibility index (Phi) is 6.13. The van der Waals surface area contributed by atoms with Crippen molar-refractivity contribution < 1.29 is 23.5 Å². The lowest BCUT2D eigenvalue weighted by Crippen LogP contribution is -2.36. The van der Waals surface area contributed by atoms with E-state index in [1.165, 1.54) is 18.2 Å². The quantitative estimate of drug-likeness (QED) is 0.767. The van der Waals surface area contributed by atoms with E-state index in [1.807, 2.05) is 26.0 Å². The Morgan fingerprint density at radius 1 is 1.25 bits per heavy atom. The van der Waals surface area contributed by atoms with Gasteiger partial charge in [-0.1, -0.05) is 6.07 Å². The highest BCUT2D eigenvalue weighted by Gasteiger charge is 2.22. The van der Waals surface area contributed by atoms with Crippen molar-refractivity contribution in [2.45, 2.75) is 32.9 Å². The van der Waals surface area contributed by atoms with Gasteiger partial charge in [0.1, 0.15) is 23.4 Å². The lowest BCUT2D eigenvalue weighted by Gasteiger charge is -2.13. The Morgan fingerprint density at radius 2 is 2.07 bits per heavy atom. The minimum Gasteiger partial charge on any atom is -0.494 e. The lowest BCUT2D eigenvalue weighted by atomic mass is 10.1. The molecule has 1 atom stereocenters. The van der Waals surface area contributed by atoms with E-state index in [4.69, 9.17) is 9.47 Å². The number of nitrogens with one attached hydrogen (secondary N) is 2. The van der Waals surface area contributed by atoms with Crippen LogP contribution in [0, 0.1) is 5.82 Å². The SMILES string of the molecule is CCOc1cc2c(cc1CNC(=O)CNC(=O)c1cccc(F)c1)OC(C)C2. The van der Waals surface area contributed by atoms with Crippen LogP contribution in [-0.4, -0.2) is 31.1 Å². The van der Waals surface area contributed by atoms with Gasteiger partial charge < -0.3 is 20.1 Å². The maximum absolute atomic E-state index is 13.2. The number of fused-ring (bicyclic) bond motifs is 1. The van der Waals surface area contributed by atoms with Crippen LogP contribution in [-0.2, 0) is 17.8 Å². The second-order valence-electron chi connectivity index (χ2n) is 6.60. The van der Waals surface area contributed by atoms with Crippen LogP contribution in [0.3, 0.4) is 0 Å². The fraction of sp³-hybridized carbons (Fsp3) is 0.333. The standard InChI is InChI=1S/C21H23FN2O4/c1-3-27-18-9-15-7-13(2)28-19(15)10-16(18)11-23-20(25)12-24-21(26)14-5-4-6-17(22)8-14/h4-6,8-10,13H,3,7,11-12H2,1-2H3,(H,23,25)(H,24,26). The molecule has 2 aromatic carbocycles. The number of rotatable bonds is 7. The van der Waals surface area contributed by atoms with Gasteiger partial charge >= 0.3 is 0 Å². The van der Waals surface area contributed by atoms with Crippen molar-refractivity contribution in [2.24, 2.45) is 0 Å². The predicted octanol–water partition coefficient (Wildman–Crippen LogP) is 2.59. The number of hydrogen-bond acceptors (Lipinski definition) is 4. The Bertz CT molecular complexity index is 885. The predicted molar refractivity (Wildman–Crippen MR) is 102 cm³/mol. The van der Waals surface area contributed by atoms with Gasteiger partial charge in [0.2, 0.25) is 5.91 Å². The third-order valence-electron chi connectivity index (χ3n) is 4.35. The van der Waals surface area contributed by atoms with Crippen LogP contribution in [0.15, 0.2) is 36.4 Å². The van der Waals surface area contributed by atoms with Gasteiger partial charge in [0.15, 0.2) is 0 Å². The molecule has 7 heteroatoms. The molecule has 2 N–H and O–H groups in total. The number of ether oxygens (including phenoxy) is 2. The maximum atomic E-state index is 13.2. The van der Waals surface area contributed by atoms with Crippen LogP contribution in [0.5, 0.6) is 11.5 Å². The van der Waals surface area contributed by atoms with Gasteiger partial charge in [-0.2, -0.15) is 0 Å². The van der Waals surface area contributed by atoms with E-state index in [0.717, 1.165) is 29.4 Å². The molecule has 0 fully saturated rings. The summed E-state index contributed by atoms with van der Waals surface area (Å²) < 4.78 is 24.6. The Hall–Kier alpha value is -3.09. The molecule has 0 saturated heterocycles. The highest BCUT2D eigenvalue weighted by atomic mass is 19.1. The van der Waals surface area contributed by atoms with Crippen molar-refractivity contribution in [1.29, 1.82) is 0 Å². The molecule has 2 aromatic rings. The molecule has 0 radical (unpaired) electrons. The molecule has 3 rings (SSSR count). The van der Waals surface area contributed by atoms with Crippen LogP contribution in [0.2, 0.25) is 0 Å². The van der Waals surface area contributed by atoms with Crippen LogP contribution in [0.4, 0.5) is 4.39 Å². The van der Waals surface area contributed by atoms with Crippen molar-refractivity contribution in [1.82, 2.24) is 10.6 Å². The fourth-order valence-electron chi connectivity index (χ4n) is 3.06. The monoisotopic (exact) mass is 386 g/mol. The zero-order valence-electron chi connectivity index (χ0n) is 15.9. The molecule has 1 heterocycles. The zero-order valence-corrected chi connectivity index (χ0v) is 15.9. The molecule has 0 aliphatic carbocycles. The normalized spacial score (nSPS) is 14.8. The molecule has 0 bridgehead atoms. The summed E-state index contributed by atoms with van der Waals surface area (Å²) in [5.74, 6) is 0.142. The van der Waals surface area contributed by atoms with Gasteiger partial charge in [0.25, 0.3) is 5.91 Å². The van der Waals surface area contributed by atoms with Gasteiger partial charge in [0.05, 0.1) is 13.2 Å². The average Bonchev–Trinajstić information content (AvgIpc) is 3.03. The number of halogens is 1. The summed E-state index contributed by atoms with van der Waals surface area (Å²) in [5.41, 5.74) is 2.06. The summed E-state index contributed by atoms with van der Waals surface area (Å²) in [4.78, 5) is 24.1. The maximum Gasteiger partial charge on any atom is 0.251 e. The molecule has 1 aliphatic heterocycles. The van der Waals surface area contributed by atoms with Gasteiger partial charge in [-0.15, -0.1) is 0 Å². The number of carbonyl (C=O) groups excluding carboxylic acids is 2. The Morgan fingerprint density at radius 3 is 2.82 bits per heavy atom. The molecule has 148 valence electrons. The van der Waals surface area contributed by atoms with E-state index in [2.05, 4.69) is 10.6 Å². The zero-order chi connectivity index (χ0) is 20.1. The van der Waals surface area contributed by atoms with E-state index in [-0.39, 0.29) is 30.7 Å². The molecule has 0 saturated carbocycles. The second-order valence-corrected chi connectivity index (χ2v) is 6.60. The third-order valence-corrected chi connectivity index (χ3v) is 4.35. The minimum absolute atomic E-state index is 0.118. The number of carbonyl (C=O) groups is 2. The molecule has 1 unspecified atom stereocenters. The summed E-state index contributed by atoms with van der Waals surface area (Å²) in [6, 6.07) is 9.13. The van der Waals surface area contributed by atoms with Crippen LogP contribution in [0.1, 0.15) is 35.3 Å². The number of hydrogen-bond donors (Lipinski definition) is 2. The van der Waals surface area contributed by atoms with Crippen molar-refractivity contribution in [3.8, 4) is 11.5 Å². The molecule has 0 aromatic heterocycles. The van der Waals surface area contributed by atoms with Gasteiger partial charge in [-0.05, 0) is 44.2 Å². The molecule has 0 spiro atoms. The minimum atomic E-state index is -0.510. The summed E-state index contributed by atoms with van der Waals surface area (Å²) in [6.07, 6.45) is 0.945. The largest absolute Gasteiger partial charge is 0.494 e. The first-order valence-corrected chi connectivity index (χ1v) is 9.22. The second kappa shape index (κ2) is 8.73. The van der Waals surface area contributed by atoms with Crippen LogP contribution < -0.4 is 20.1 Å². The molecule has 6 nitrogen and oxygen atoms in total. The van der Waals surface area contributed by atoms with Crippen molar-refractivity contribution in [3.05, 3.63) is 58.9 Å². The Balaban J connectivity index is 1.57. The summed E-state index contributed by atoms with van der Waals surface area (Å²) >= 11 is 0. The first-order valence-electron chi connectivity index (χ1n) is 9.22. The fourth-order valence-corrected chi connectivity index (χ4v) is 3.06. The Labute approximate surface area is 163 Å². The van der Waals surface area contributed by atoms with Crippen molar-refractivity contribution in [3.63, 3.8) is 0 Å².